The number of hydrogen-bond donors (Lipinski definition) is 1. The van der Waals surface area contributed by atoms with Crippen LogP contribution in [0.25, 0.3) is 17.0 Å². The molecule has 0 saturated heterocycles. The SMILES string of the molecule is COc1cccc(-c2noc(C3=C(C)N(CCC(C)C)C(=S)NC3c3cccc(F)c3)n2)c1. The molecule has 0 saturated carbocycles. The average molecular weight is 467 g/mol. The minimum atomic E-state index is -0.415. The van der Waals surface area contributed by atoms with Crippen LogP contribution in [0.2, 0.25) is 0 Å². The lowest BCUT2D eigenvalue weighted by molar-refractivity contribution is 0.390. The van der Waals surface area contributed by atoms with Crippen molar-refractivity contribution in [1.82, 2.24) is 20.4 Å². The highest BCUT2D eigenvalue weighted by molar-refractivity contribution is 7.80. The Morgan fingerprint density at radius 2 is 2.00 bits per heavy atom. The summed E-state index contributed by atoms with van der Waals surface area (Å²) in [5.74, 6) is 1.72. The van der Waals surface area contributed by atoms with Gasteiger partial charge < -0.3 is 19.5 Å². The molecular weight excluding hydrogens is 439 g/mol. The van der Waals surface area contributed by atoms with Crippen molar-refractivity contribution in [3.63, 3.8) is 0 Å². The van der Waals surface area contributed by atoms with Crippen molar-refractivity contribution in [2.24, 2.45) is 5.92 Å². The maximum absolute atomic E-state index is 14.1. The molecule has 0 fully saturated rings. The van der Waals surface area contributed by atoms with Crippen LogP contribution in [0.5, 0.6) is 5.75 Å². The molecular formula is C25H27FN4O2S. The molecule has 33 heavy (non-hydrogen) atoms. The van der Waals surface area contributed by atoms with Gasteiger partial charge in [0.2, 0.25) is 5.82 Å². The first kappa shape index (κ1) is 22.9. The van der Waals surface area contributed by atoms with Gasteiger partial charge >= 0.3 is 0 Å². The fourth-order valence-electron chi connectivity index (χ4n) is 3.86. The first-order valence-corrected chi connectivity index (χ1v) is 11.3. The molecule has 1 aliphatic rings. The van der Waals surface area contributed by atoms with E-state index in [1.165, 1.54) is 12.1 Å². The van der Waals surface area contributed by atoms with E-state index in [-0.39, 0.29) is 5.82 Å². The number of allylic oxidation sites excluding steroid dienone is 1. The smallest absolute Gasteiger partial charge is 0.258 e. The summed E-state index contributed by atoms with van der Waals surface area (Å²) in [7, 11) is 1.61. The molecule has 3 aromatic rings. The number of methoxy groups -OCH3 is 1. The van der Waals surface area contributed by atoms with Crippen molar-refractivity contribution in [2.45, 2.75) is 33.2 Å². The summed E-state index contributed by atoms with van der Waals surface area (Å²) < 4.78 is 25.1. The van der Waals surface area contributed by atoms with Gasteiger partial charge in [0.25, 0.3) is 5.89 Å². The minimum Gasteiger partial charge on any atom is -0.497 e. The summed E-state index contributed by atoms with van der Waals surface area (Å²) in [5, 5.41) is 8.17. The standard InChI is InChI=1S/C25H27FN4O2S/c1-15(2)11-12-30-16(3)21(22(27-25(30)33)17-7-5-9-19(26)13-17)24-28-23(29-32-24)18-8-6-10-20(14-18)31-4/h5-10,13-15,22H,11-12H2,1-4H3,(H,27,33). The number of rotatable bonds is 7. The maximum Gasteiger partial charge on any atom is 0.258 e. The number of thiocarbonyl (C=S) groups is 1. The Balaban J connectivity index is 1.79. The predicted octanol–water partition coefficient (Wildman–Crippen LogP) is 5.59. The van der Waals surface area contributed by atoms with Crippen LogP contribution in [0, 0.1) is 11.7 Å². The van der Waals surface area contributed by atoms with Crippen LogP contribution in [0.4, 0.5) is 4.39 Å². The second-order valence-electron chi connectivity index (χ2n) is 8.43. The Morgan fingerprint density at radius 1 is 1.21 bits per heavy atom. The summed E-state index contributed by atoms with van der Waals surface area (Å²) in [4.78, 5) is 6.74. The van der Waals surface area contributed by atoms with Gasteiger partial charge in [0, 0.05) is 17.8 Å². The first-order valence-electron chi connectivity index (χ1n) is 10.9. The molecule has 1 N–H and O–H groups in total. The van der Waals surface area contributed by atoms with Gasteiger partial charge in [-0.05, 0) is 61.3 Å². The zero-order chi connectivity index (χ0) is 23.5. The van der Waals surface area contributed by atoms with Crippen LogP contribution in [-0.2, 0) is 0 Å². The third-order valence-corrected chi connectivity index (χ3v) is 6.03. The van der Waals surface area contributed by atoms with Gasteiger partial charge in [-0.15, -0.1) is 0 Å². The highest BCUT2D eigenvalue weighted by atomic mass is 32.1. The second kappa shape index (κ2) is 9.70. The highest BCUT2D eigenvalue weighted by Crippen LogP contribution is 2.38. The molecule has 2 aromatic carbocycles. The molecule has 0 bridgehead atoms. The summed E-state index contributed by atoms with van der Waals surface area (Å²) in [6.07, 6.45) is 0.968. The van der Waals surface area contributed by atoms with Crippen molar-refractivity contribution in [1.29, 1.82) is 0 Å². The average Bonchev–Trinajstić information content (AvgIpc) is 3.28. The molecule has 1 atom stereocenters. The molecule has 1 unspecified atom stereocenters. The molecule has 0 spiro atoms. The van der Waals surface area contributed by atoms with Gasteiger partial charge in [0.05, 0.1) is 18.7 Å². The number of hydrogen-bond acceptors (Lipinski definition) is 5. The van der Waals surface area contributed by atoms with E-state index in [9.17, 15) is 4.39 Å². The van der Waals surface area contributed by atoms with Crippen LogP contribution in [0.15, 0.2) is 58.8 Å². The van der Waals surface area contributed by atoms with Gasteiger partial charge in [-0.1, -0.05) is 43.3 Å². The monoisotopic (exact) mass is 466 g/mol. The van der Waals surface area contributed by atoms with E-state index >= 15 is 0 Å². The van der Waals surface area contributed by atoms with Crippen LogP contribution < -0.4 is 10.1 Å². The molecule has 0 amide bonds. The van der Waals surface area contributed by atoms with Crippen LogP contribution in [0.1, 0.15) is 44.7 Å². The Labute approximate surface area is 198 Å². The zero-order valence-corrected chi connectivity index (χ0v) is 19.9. The number of halogens is 1. The lowest BCUT2D eigenvalue weighted by Gasteiger charge is -2.37. The van der Waals surface area contributed by atoms with Gasteiger partial charge in [0.1, 0.15) is 11.6 Å². The first-order chi connectivity index (χ1) is 15.9. The number of benzene rings is 2. The van der Waals surface area contributed by atoms with E-state index in [4.69, 9.17) is 21.5 Å². The number of aromatic nitrogens is 2. The van der Waals surface area contributed by atoms with Crippen molar-refractivity contribution < 1.29 is 13.7 Å². The topological polar surface area (TPSA) is 63.4 Å². The molecule has 6 nitrogen and oxygen atoms in total. The van der Waals surface area contributed by atoms with Crippen LogP contribution in [0.3, 0.4) is 0 Å². The third kappa shape index (κ3) is 4.90. The van der Waals surface area contributed by atoms with Crippen molar-refractivity contribution >= 4 is 22.9 Å². The number of nitrogens with zero attached hydrogens (tertiary/aromatic N) is 3. The minimum absolute atomic E-state index is 0.318. The van der Waals surface area contributed by atoms with E-state index < -0.39 is 6.04 Å². The summed E-state index contributed by atoms with van der Waals surface area (Å²) in [6, 6.07) is 13.5. The summed E-state index contributed by atoms with van der Waals surface area (Å²) >= 11 is 5.68. The molecule has 0 aliphatic carbocycles. The number of ether oxygens (including phenoxy) is 1. The molecule has 1 aromatic heterocycles. The van der Waals surface area contributed by atoms with Gasteiger partial charge in [-0.25, -0.2) is 4.39 Å². The van der Waals surface area contributed by atoms with E-state index in [1.807, 2.05) is 37.3 Å². The summed E-state index contributed by atoms with van der Waals surface area (Å²) in [5.41, 5.74) is 3.20. The van der Waals surface area contributed by atoms with Gasteiger partial charge in [-0.2, -0.15) is 4.98 Å². The van der Waals surface area contributed by atoms with E-state index in [2.05, 4.69) is 34.2 Å². The normalized spacial score (nSPS) is 16.4. The second-order valence-corrected chi connectivity index (χ2v) is 8.81. The van der Waals surface area contributed by atoms with Crippen LogP contribution >= 0.6 is 12.2 Å². The lowest BCUT2D eigenvalue weighted by atomic mass is 9.94. The Bertz CT molecular complexity index is 1190. The van der Waals surface area contributed by atoms with Crippen molar-refractivity contribution in [3.8, 4) is 17.1 Å². The Morgan fingerprint density at radius 3 is 2.73 bits per heavy atom. The van der Waals surface area contributed by atoms with Crippen molar-refractivity contribution in [3.05, 3.63) is 71.5 Å². The predicted molar refractivity (Wildman–Crippen MR) is 130 cm³/mol. The van der Waals surface area contributed by atoms with E-state index in [1.54, 1.807) is 13.2 Å². The Hall–Kier alpha value is -3.26. The largest absolute Gasteiger partial charge is 0.497 e. The lowest BCUT2D eigenvalue weighted by Crippen LogP contribution is -2.46. The van der Waals surface area contributed by atoms with Gasteiger partial charge in [0.15, 0.2) is 5.11 Å². The molecule has 0 radical (unpaired) electrons. The molecule has 1 aliphatic heterocycles. The quantitative estimate of drug-likeness (QED) is 0.455. The fourth-order valence-corrected chi connectivity index (χ4v) is 4.21. The fraction of sp³-hybridized carbons (Fsp3) is 0.320. The van der Waals surface area contributed by atoms with Crippen LogP contribution in [-0.4, -0.2) is 33.8 Å². The third-order valence-electron chi connectivity index (χ3n) is 5.69. The zero-order valence-electron chi connectivity index (χ0n) is 19.1. The summed E-state index contributed by atoms with van der Waals surface area (Å²) in [6.45, 7) is 7.10. The molecule has 172 valence electrons. The molecule has 4 rings (SSSR count). The van der Waals surface area contributed by atoms with Gasteiger partial charge in [-0.3, -0.25) is 0 Å². The Kier molecular flexibility index (Phi) is 6.74. The maximum atomic E-state index is 14.1. The number of nitrogens with one attached hydrogen (secondary N) is 1. The molecule has 8 heteroatoms. The van der Waals surface area contributed by atoms with E-state index in [0.717, 1.165) is 35.4 Å². The molecule has 2 heterocycles. The highest BCUT2D eigenvalue weighted by Gasteiger charge is 2.34. The van der Waals surface area contributed by atoms with E-state index in [0.29, 0.717) is 28.5 Å². The van der Waals surface area contributed by atoms with Crippen molar-refractivity contribution in [2.75, 3.05) is 13.7 Å².